The zero-order valence-corrected chi connectivity index (χ0v) is 12.3. The SMILES string of the molecule is CCNS(=O)(=O)c1ccccc1NC1CCC(C)C1. The summed E-state index contributed by atoms with van der Waals surface area (Å²) in [5, 5.41) is 3.39. The number of sulfonamides is 1. The average Bonchev–Trinajstić information content (AvgIpc) is 2.75. The summed E-state index contributed by atoms with van der Waals surface area (Å²) < 4.78 is 26.8. The van der Waals surface area contributed by atoms with Crippen molar-refractivity contribution in [1.82, 2.24) is 4.72 Å². The van der Waals surface area contributed by atoms with E-state index < -0.39 is 10.0 Å². The molecular weight excluding hydrogens is 260 g/mol. The Morgan fingerprint density at radius 3 is 2.63 bits per heavy atom. The third-order valence-corrected chi connectivity index (χ3v) is 5.17. The van der Waals surface area contributed by atoms with Crippen LogP contribution in [0.4, 0.5) is 5.69 Å². The van der Waals surface area contributed by atoms with Crippen molar-refractivity contribution < 1.29 is 8.42 Å². The monoisotopic (exact) mass is 282 g/mol. The largest absolute Gasteiger partial charge is 0.381 e. The quantitative estimate of drug-likeness (QED) is 0.872. The molecule has 1 aliphatic carbocycles. The molecule has 1 saturated carbocycles. The van der Waals surface area contributed by atoms with Crippen LogP contribution in [0.1, 0.15) is 33.1 Å². The highest BCUT2D eigenvalue weighted by atomic mass is 32.2. The van der Waals surface area contributed by atoms with Gasteiger partial charge in [0, 0.05) is 12.6 Å². The van der Waals surface area contributed by atoms with E-state index in [0.29, 0.717) is 23.2 Å². The molecule has 0 aromatic heterocycles. The molecule has 1 aromatic rings. The van der Waals surface area contributed by atoms with Crippen molar-refractivity contribution in [2.75, 3.05) is 11.9 Å². The fourth-order valence-electron chi connectivity index (χ4n) is 2.65. The van der Waals surface area contributed by atoms with Crippen LogP contribution in [0.3, 0.4) is 0 Å². The Bertz CT molecular complexity index is 528. The third-order valence-electron chi connectivity index (χ3n) is 3.57. The fourth-order valence-corrected chi connectivity index (χ4v) is 3.86. The van der Waals surface area contributed by atoms with Crippen molar-refractivity contribution in [3.8, 4) is 0 Å². The molecular formula is C14H22N2O2S. The standard InChI is InChI=1S/C14H22N2O2S/c1-3-15-19(17,18)14-7-5-4-6-13(14)16-12-9-8-11(2)10-12/h4-7,11-12,15-16H,3,8-10H2,1-2H3. The number of anilines is 1. The minimum absolute atomic E-state index is 0.344. The molecule has 1 aromatic carbocycles. The second kappa shape index (κ2) is 5.92. The highest BCUT2D eigenvalue weighted by molar-refractivity contribution is 7.89. The second-order valence-corrected chi connectivity index (χ2v) is 6.99. The number of hydrogen-bond acceptors (Lipinski definition) is 3. The van der Waals surface area contributed by atoms with Crippen LogP contribution in [0.2, 0.25) is 0 Å². The van der Waals surface area contributed by atoms with Gasteiger partial charge in [-0.15, -0.1) is 0 Å². The van der Waals surface area contributed by atoms with Crippen LogP contribution in [0.25, 0.3) is 0 Å². The first kappa shape index (κ1) is 14.3. The topological polar surface area (TPSA) is 58.2 Å². The van der Waals surface area contributed by atoms with Gasteiger partial charge in [-0.3, -0.25) is 0 Å². The molecule has 2 unspecified atom stereocenters. The molecule has 5 heteroatoms. The third kappa shape index (κ3) is 3.48. The molecule has 0 amide bonds. The van der Waals surface area contributed by atoms with E-state index >= 15 is 0 Å². The maximum absolute atomic E-state index is 12.1. The Balaban J connectivity index is 2.21. The van der Waals surface area contributed by atoms with Crippen LogP contribution in [0, 0.1) is 5.92 Å². The van der Waals surface area contributed by atoms with E-state index in [-0.39, 0.29) is 0 Å². The Labute approximate surface area is 115 Å². The van der Waals surface area contributed by atoms with E-state index in [1.54, 1.807) is 19.1 Å². The van der Waals surface area contributed by atoms with Crippen molar-refractivity contribution in [2.45, 2.75) is 44.0 Å². The predicted octanol–water partition coefficient (Wildman–Crippen LogP) is 2.59. The summed E-state index contributed by atoms with van der Waals surface area (Å²) in [5.74, 6) is 0.718. The number of para-hydroxylation sites is 1. The van der Waals surface area contributed by atoms with Gasteiger partial charge in [-0.1, -0.05) is 26.0 Å². The summed E-state index contributed by atoms with van der Waals surface area (Å²) in [6.07, 6.45) is 3.42. The Morgan fingerprint density at radius 1 is 1.26 bits per heavy atom. The van der Waals surface area contributed by atoms with Crippen molar-refractivity contribution in [1.29, 1.82) is 0 Å². The molecule has 1 aliphatic rings. The molecule has 2 N–H and O–H groups in total. The smallest absolute Gasteiger partial charge is 0.242 e. The zero-order valence-electron chi connectivity index (χ0n) is 11.5. The van der Waals surface area contributed by atoms with Crippen LogP contribution in [-0.4, -0.2) is 21.0 Å². The first-order valence-electron chi connectivity index (χ1n) is 6.88. The van der Waals surface area contributed by atoms with Crippen LogP contribution in [0.5, 0.6) is 0 Å². The van der Waals surface area contributed by atoms with Crippen LogP contribution >= 0.6 is 0 Å². The van der Waals surface area contributed by atoms with Crippen LogP contribution in [-0.2, 0) is 10.0 Å². The van der Waals surface area contributed by atoms with E-state index in [0.717, 1.165) is 18.8 Å². The van der Waals surface area contributed by atoms with E-state index in [4.69, 9.17) is 0 Å². The van der Waals surface area contributed by atoms with Gasteiger partial charge in [-0.25, -0.2) is 13.1 Å². The van der Waals surface area contributed by atoms with E-state index in [9.17, 15) is 8.42 Å². The molecule has 4 nitrogen and oxygen atoms in total. The molecule has 1 fully saturated rings. The predicted molar refractivity (Wildman–Crippen MR) is 77.7 cm³/mol. The van der Waals surface area contributed by atoms with E-state index in [1.807, 2.05) is 12.1 Å². The molecule has 0 radical (unpaired) electrons. The lowest BCUT2D eigenvalue weighted by Gasteiger charge is -2.17. The molecule has 0 saturated heterocycles. The van der Waals surface area contributed by atoms with Gasteiger partial charge < -0.3 is 5.32 Å². The molecule has 2 atom stereocenters. The summed E-state index contributed by atoms with van der Waals surface area (Å²) in [6, 6.07) is 7.50. The van der Waals surface area contributed by atoms with Gasteiger partial charge in [-0.2, -0.15) is 0 Å². The maximum Gasteiger partial charge on any atom is 0.242 e. The van der Waals surface area contributed by atoms with Gasteiger partial charge in [0.1, 0.15) is 4.90 Å². The van der Waals surface area contributed by atoms with Crippen molar-refractivity contribution in [3.05, 3.63) is 24.3 Å². The molecule has 0 bridgehead atoms. The van der Waals surface area contributed by atoms with Gasteiger partial charge in [0.25, 0.3) is 0 Å². The fraction of sp³-hybridized carbons (Fsp3) is 0.571. The summed E-state index contributed by atoms with van der Waals surface area (Å²) in [6.45, 7) is 4.42. The lowest BCUT2D eigenvalue weighted by molar-refractivity contribution is 0.583. The molecule has 19 heavy (non-hydrogen) atoms. The highest BCUT2D eigenvalue weighted by Gasteiger charge is 2.24. The van der Waals surface area contributed by atoms with Gasteiger partial charge in [0.15, 0.2) is 0 Å². The van der Waals surface area contributed by atoms with E-state index in [1.165, 1.54) is 6.42 Å². The molecule has 2 rings (SSSR count). The lowest BCUT2D eigenvalue weighted by atomic mass is 10.1. The summed E-state index contributed by atoms with van der Waals surface area (Å²) >= 11 is 0. The average molecular weight is 282 g/mol. The van der Waals surface area contributed by atoms with Crippen molar-refractivity contribution in [3.63, 3.8) is 0 Å². The second-order valence-electron chi connectivity index (χ2n) is 5.26. The number of benzene rings is 1. The molecule has 0 aliphatic heterocycles. The summed E-state index contributed by atoms with van der Waals surface area (Å²) in [5.41, 5.74) is 0.711. The van der Waals surface area contributed by atoms with Crippen molar-refractivity contribution >= 4 is 15.7 Å². The maximum atomic E-state index is 12.1. The van der Waals surface area contributed by atoms with Crippen LogP contribution < -0.4 is 10.0 Å². The first-order chi connectivity index (χ1) is 9.03. The zero-order chi connectivity index (χ0) is 13.9. The van der Waals surface area contributed by atoms with Crippen molar-refractivity contribution in [2.24, 2.45) is 5.92 Å². The lowest BCUT2D eigenvalue weighted by Crippen LogP contribution is -2.25. The molecule has 0 spiro atoms. The van der Waals surface area contributed by atoms with Gasteiger partial charge in [0.2, 0.25) is 10.0 Å². The van der Waals surface area contributed by atoms with Gasteiger partial charge >= 0.3 is 0 Å². The van der Waals surface area contributed by atoms with Gasteiger partial charge in [-0.05, 0) is 37.3 Å². The highest BCUT2D eigenvalue weighted by Crippen LogP contribution is 2.29. The minimum Gasteiger partial charge on any atom is -0.381 e. The number of rotatable bonds is 5. The minimum atomic E-state index is -3.41. The van der Waals surface area contributed by atoms with Gasteiger partial charge in [0.05, 0.1) is 5.69 Å². The Kier molecular flexibility index (Phi) is 4.47. The summed E-state index contributed by atoms with van der Waals surface area (Å²) in [4.78, 5) is 0.344. The van der Waals surface area contributed by atoms with E-state index in [2.05, 4.69) is 17.0 Å². The normalized spacial score (nSPS) is 23.5. The number of nitrogens with one attached hydrogen (secondary N) is 2. The first-order valence-corrected chi connectivity index (χ1v) is 8.36. The Hall–Kier alpha value is -1.07. The molecule has 106 valence electrons. The van der Waals surface area contributed by atoms with Crippen LogP contribution in [0.15, 0.2) is 29.2 Å². The summed E-state index contributed by atoms with van der Waals surface area (Å²) in [7, 11) is -3.41. The Morgan fingerprint density at radius 2 is 2.00 bits per heavy atom. The number of hydrogen-bond donors (Lipinski definition) is 2. The molecule has 0 heterocycles.